The van der Waals surface area contributed by atoms with Gasteiger partial charge in [0.15, 0.2) is 0 Å². The van der Waals surface area contributed by atoms with E-state index in [2.05, 4.69) is 26.3 Å². The maximum absolute atomic E-state index is 12.8. The standard InChI is InChI=1S/C26H40N6O5S/c1-17(2)36-13-11-27-24(34)30-19(10-12-32(6)7)18-8-9-20(28-14-18)23(33)29-21-15-38-16-22(21)31-25(35)37-26(3,4)5/h8-9,14-17,19H,10-13H2,1-7H3,(H,29,33)(H,31,35)(H2,27,30,34). The third-order valence-electron chi connectivity index (χ3n) is 4.98. The second-order valence-electron chi connectivity index (χ2n) is 10.2. The Hall–Kier alpha value is -3.22. The molecule has 0 fully saturated rings. The molecule has 0 spiro atoms. The monoisotopic (exact) mass is 548 g/mol. The Morgan fingerprint density at radius 3 is 2.34 bits per heavy atom. The summed E-state index contributed by atoms with van der Waals surface area (Å²) in [5.74, 6) is -0.428. The Labute approximate surface area is 228 Å². The van der Waals surface area contributed by atoms with Gasteiger partial charge in [-0.1, -0.05) is 6.07 Å². The molecule has 0 radical (unpaired) electrons. The van der Waals surface area contributed by atoms with Gasteiger partial charge in [-0.05, 0) is 73.3 Å². The highest BCUT2D eigenvalue weighted by Gasteiger charge is 2.20. The topological polar surface area (TPSA) is 134 Å². The number of thiophene rings is 1. The number of anilines is 2. The van der Waals surface area contributed by atoms with Crippen molar-refractivity contribution in [1.82, 2.24) is 20.5 Å². The van der Waals surface area contributed by atoms with Crippen molar-refractivity contribution in [1.29, 1.82) is 0 Å². The van der Waals surface area contributed by atoms with E-state index < -0.39 is 17.6 Å². The number of hydrogen-bond acceptors (Lipinski definition) is 8. The van der Waals surface area contributed by atoms with E-state index in [-0.39, 0.29) is 23.9 Å². The lowest BCUT2D eigenvalue weighted by atomic mass is 10.1. The van der Waals surface area contributed by atoms with Crippen LogP contribution >= 0.6 is 11.3 Å². The Balaban J connectivity index is 2.02. The van der Waals surface area contributed by atoms with E-state index >= 15 is 0 Å². The summed E-state index contributed by atoms with van der Waals surface area (Å²) in [5.41, 5.74) is 1.22. The molecule has 2 aromatic rings. The Bertz CT molecular complexity index is 1050. The molecule has 38 heavy (non-hydrogen) atoms. The van der Waals surface area contributed by atoms with Crippen LogP contribution in [0.15, 0.2) is 29.1 Å². The lowest BCUT2D eigenvalue weighted by molar-refractivity contribution is 0.0635. The van der Waals surface area contributed by atoms with Crippen LogP contribution in [0.3, 0.4) is 0 Å². The van der Waals surface area contributed by atoms with Gasteiger partial charge in [-0.25, -0.2) is 9.59 Å². The van der Waals surface area contributed by atoms with Gasteiger partial charge in [-0.3, -0.25) is 15.1 Å². The van der Waals surface area contributed by atoms with Crippen molar-refractivity contribution in [2.75, 3.05) is 44.4 Å². The fourth-order valence-electron chi connectivity index (χ4n) is 3.21. The van der Waals surface area contributed by atoms with Gasteiger partial charge >= 0.3 is 12.1 Å². The summed E-state index contributed by atoms with van der Waals surface area (Å²) < 4.78 is 10.7. The molecule has 12 heteroatoms. The summed E-state index contributed by atoms with van der Waals surface area (Å²) in [6, 6.07) is 2.79. The Morgan fingerprint density at radius 2 is 1.76 bits per heavy atom. The number of rotatable bonds is 12. The highest BCUT2D eigenvalue weighted by molar-refractivity contribution is 7.09. The van der Waals surface area contributed by atoms with Crippen molar-refractivity contribution >= 4 is 40.7 Å². The molecular weight excluding hydrogens is 508 g/mol. The molecular formula is C26H40N6O5S. The first-order valence-corrected chi connectivity index (χ1v) is 13.4. The predicted molar refractivity (Wildman–Crippen MR) is 150 cm³/mol. The smallest absolute Gasteiger partial charge is 0.412 e. The third kappa shape index (κ3) is 11.4. The molecule has 2 heterocycles. The van der Waals surface area contributed by atoms with E-state index in [4.69, 9.17) is 9.47 Å². The zero-order valence-electron chi connectivity index (χ0n) is 23.2. The van der Waals surface area contributed by atoms with Crippen LogP contribution in [0, 0.1) is 0 Å². The molecule has 1 unspecified atom stereocenters. The number of carbonyl (C=O) groups is 3. The summed E-state index contributed by atoms with van der Waals surface area (Å²) >= 11 is 1.33. The molecule has 210 valence electrons. The molecule has 0 aliphatic heterocycles. The second-order valence-corrected chi connectivity index (χ2v) is 11.0. The van der Waals surface area contributed by atoms with E-state index in [1.165, 1.54) is 11.3 Å². The fraction of sp³-hybridized carbons (Fsp3) is 0.538. The number of aromatic nitrogens is 1. The van der Waals surface area contributed by atoms with Gasteiger partial charge in [0.1, 0.15) is 11.3 Å². The minimum absolute atomic E-state index is 0.0991. The maximum Gasteiger partial charge on any atom is 0.412 e. The number of nitrogens with one attached hydrogen (secondary N) is 4. The average molecular weight is 549 g/mol. The molecule has 2 aromatic heterocycles. The fourth-order valence-corrected chi connectivity index (χ4v) is 3.93. The Kier molecular flexibility index (Phi) is 11.9. The van der Waals surface area contributed by atoms with Crippen molar-refractivity contribution in [3.63, 3.8) is 0 Å². The van der Waals surface area contributed by atoms with E-state index in [1.54, 1.807) is 49.9 Å². The van der Waals surface area contributed by atoms with E-state index in [0.29, 0.717) is 30.9 Å². The van der Waals surface area contributed by atoms with Crippen molar-refractivity contribution in [3.05, 3.63) is 40.3 Å². The van der Waals surface area contributed by atoms with Gasteiger partial charge in [-0.2, -0.15) is 0 Å². The second kappa shape index (κ2) is 14.6. The van der Waals surface area contributed by atoms with Crippen LogP contribution in [0.5, 0.6) is 0 Å². The van der Waals surface area contributed by atoms with Gasteiger partial charge in [0.2, 0.25) is 0 Å². The molecule has 2 rings (SSSR count). The largest absolute Gasteiger partial charge is 0.444 e. The van der Waals surface area contributed by atoms with E-state index in [9.17, 15) is 14.4 Å². The summed E-state index contributed by atoms with van der Waals surface area (Å²) in [7, 11) is 3.92. The van der Waals surface area contributed by atoms with Crippen LogP contribution in [0.4, 0.5) is 21.0 Å². The SMILES string of the molecule is CC(C)OCCNC(=O)NC(CCN(C)C)c1ccc(C(=O)Nc2cscc2NC(=O)OC(C)(C)C)nc1. The normalized spacial score (nSPS) is 12.2. The minimum atomic E-state index is -0.642. The van der Waals surface area contributed by atoms with Crippen LogP contribution in [0.2, 0.25) is 0 Å². The molecule has 0 saturated heterocycles. The van der Waals surface area contributed by atoms with Crippen LogP contribution in [0.25, 0.3) is 0 Å². The van der Waals surface area contributed by atoms with Crippen LogP contribution < -0.4 is 21.3 Å². The first-order valence-electron chi connectivity index (χ1n) is 12.5. The number of pyridine rings is 1. The molecule has 0 bridgehead atoms. The third-order valence-corrected chi connectivity index (χ3v) is 5.72. The lowest BCUT2D eigenvalue weighted by Gasteiger charge is -2.21. The molecule has 0 aliphatic rings. The zero-order valence-corrected chi connectivity index (χ0v) is 24.0. The summed E-state index contributed by atoms with van der Waals surface area (Å²) in [4.78, 5) is 43.7. The highest BCUT2D eigenvalue weighted by atomic mass is 32.1. The maximum atomic E-state index is 12.8. The van der Waals surface area contributed by atoms with Gasteiger partial charge in [0.25, 0.3) is 5.91 Å². The molecule has 1 atom stereocenters. The molecule has 0 aromatic carbocycles. The quantitative estimate of drug-likeness (QED) is 0.288. The number of amides is 4. The molecule has 4 N–H and O–H groups in total. The van der Waals surface area contributed by atoms with E-state index in [0.717, 1.165) is 12.1 Å². The van der Waals surface area contributed by atoms with Crippen LogP contribution in [0.1, 0.15) is 63.1 Å². The molecule has 11 nitrogen and oxygen atoms in total. The molecule has 4 amide bonds. The van der Waals surface area contributed by atoms with Crippen LogP contribution in [-0.2, 0) is 9.47 Å². The number of carbonyl (C=O) groups excluding carboxylic acids is 3. The summed E-state index contributed by atoms with van der Waals surface area (Å²) in [6.07, 6.45) is 1.74. The number of urea groups is 1. The van der Waals surface area contributed by atoms with Gasteiger partial charge in [0, 0.05) is 23.5 Å². The van der Waals surface area contributed by atoms with Crippen molar-refractivity contribution in [2.45, 2.75) is 58.8 Å². The summed E-state index contributed by atoms with van der Waals surface area (Å²) in [6.45, 7) is 10.8. The van der Waals surface area contributed by atoms with Gasteiger partial charge < -0.3 is 30.3 Å². The number of ether oxygens (including phenoxy) is 2. The highest BCUT2D eigenvalue weighted by Crippen LogP contribution is 2.27. The number of nitrogens with zero attached hydrogens (tertiary/aromatic N) is 2. The lowest BCUT2D eigenvalue weighted by Crippen LogP contribution is -2.40. The van der Waals surface area contributed by atoms with Crippen molar-refractivity contribution < 1.29 is 23.9 Å². The van der Waals surface area contributed by atoms with Crippen molar-refractivity contribution in [2.24, 2.45) is 0 Å². The predicted octanol–water partition coefficient (Wildman–Crippen LogP) is 4.46. The average Bonchev–Trinajstić information content (AvgIpc) is 3.24. The first kappa shape index (κ1) is 31.0. The molecule has 0 aliphatic carbocycles. The van der Waals surface area contributed by atoms with E-state index in [1.807, 2.05) is 32.8 Å². The first-order chi connectivity index (χ1) is 17.8. The van der Waals surface area contributed by atoms with Gasteiger partial charge in [0.05, 0.1) is 30.1 Å². The Morgan fingerprint density at radius 1 is 1.08 bits per heavy atom. The summed E-state index contributed by atoms with van der Waals surface area (Å²) in [5, 5.41) is 14.6. The molecule has 0 saturated carbocycles. The van der Waals surface area contributed by atoms with Crippen LogP contribution in [-0.4, -0.2) is 73.4 Å². The van der Waals surface area contributed by atoms with Crippen molar-refractivity contribution in [3.8, 4) is 0 Å². The minimum Gasteiger partial charge on any atom is -0.444 e. The zero-order chi connectivity index (χ0) is 28.3. The van der Waals surface area contributed by atoms with Gasteiger partial charge in [-0.15, -0.1) is 11.3 Å². The number of hydrogen-bond donors (Lipinski definition) is 4.